The fourth-order valence-electron chi connectivity index (χ4n) is 4.07. The van der Waals surface area contributed by atoms with Crippen molar-refractivity contribution in [3.63, 3.8) is 0 Å². The Kier molecular flexibility index (Phi) is 7.67. The Morgan fingerprint density at radius 3 is 2.41 bits per heavy atom. The first kappa shape index (κ1) is 25.6. The molecule has 0 spiro atoms. The van der Waals surface area contributed by atoms with Crippen LogP contribution in [0, 0.1) is 19.8 Å². The summed E-state index contributed by atoms with van der Waals surface area (Å²) in [5, 5.41) is 0. The zero-order valence-corrected chi connectivity index (χ0v) is 20.9. The van der Waals surface area contributed by atoms with E-state index in [1.54, 1.807) is 29.2 Å². The minimum absolute atomic E-state index is 0.0355. The molecule has 1 amide bonds. The number of carbonyl (C=O) groups is 4. The lowest BCUT2D eigenvalue weighted by Gasteiger charge is -2.19. The first-order valence-electron chi connectivity index (χ1n) is 11.8. The van der Waals surface area contributed by atoms with Gasteiger partial charge in [-0.2, -0.15) is 0 Å². The van der Waals surface area contributed by atoms with Gasteiger partial charge in [0, 0.05) is 24.2 Å². The van der Waals surface area contributed by atoms with Crippen molar-refractivity contribution in [1.82, 2.24) is 0 Å². The van der Waals surface area contributed by atoms with E-state index < -0.39 is 30.2 Å². The molecule has 8 nitrogen and oxygen atoms in total. The minimum atomic E-state index is -0.640. The fraction of sp³-hybridized carbons (Fsp3) is 0.241. The molecule has 4 rings (SSSR count). The SMILES string of the molecule is COc1cccc(C(=O)Oc2ccc(C(=O)COC(=O)[C@H]3CC(=O)N(c4cc(C)ccc4C)C3)cc2)c1. The molecule has 1 atom stereocenters. The van der Waals surface area contributed by atoms with E-state index in [1.807, 2.05) is 32.0 Å². The average molecular weight is 502 g/mol. The third-order valence-electron chi connectivity index (χ3n) is 6.15. The van der Waals surface area contributed by atoms with Gasteiger partial charge in [0.1, 0.15) is 11.5 Å². The van der Waals surface area contributed by atoms with Gasteiger partial charge in [-0.05, 0) is 73.5 Å². The van der Waals surface area contributed by atoms with E-state index in [0.717, 1.165) is 16.8 Å². The molecule has 0 bridgehead atoms. The van der Waals surface area contributed by atoms with Crippen LogP contribution in [0.5, 0.6) is 11.5 Å². The first-order valence-corrected chi connectivity index (χ1v) is 11.8. The standard InChI is InChI=1S/C29H27NO7/c1-18-7-8-19(2)25(13-18)30-16-22(15-27(30)32)28(33)36-17-26(31)20-9-11-23(12-10-20)37-29(34)21-5-4-6-24(14-21)35-3/h4-14,22H,15-17H2,1-3H3/t22-/m0/s1. The van der Waals surface area contributed by atoms with Crippen LogP contribution < -0.4 is 14.4 Å². The lowest BCUT2D eigenvalue weighted by molar-refractivity contribution is -0.147. The zero-order chi connectivity index (χ0) is 26.5. The van der Waals surface area contributed by atoms with Gasteiger partial charge in [-0.25, -0.2) is 4.79 Å². The summed E-state index contributed by atoms with van der Waals surface area (Å²) in [4.78, 5) is 51.6. The molecule has 3 aromatic rings. The molecule has 1 heterocycles. The van der Waals surface area contributed by atoms with E-state index >= 15 is 0 Å². The molecule has 1 aliphatic heterocycles. The van der Waals surface area contributed by atoms with E-state index in [-0.39, 0.29) is 24.6 Å². The highest BCUT2D eigenvalue weighted by Gasteiger charge is 2.37. The highest BCUT2D eigenvalue weighted by molar-refractivity contribution is 6.01. The Hall–Kier alpha value is -4.46. The highest BCUT2D eigenvalue weighted by Crippen LogP contribution is 2.29. The maximum absolute atomic E-state index is 12.6. The predicted octanol–water partition coefficient (Wildman–Crippen LogP) is 4.31. The Morgan fingerprint density at radius 2 is 1.68 bits per heavy atom. The number of methoxy groups -OCH3 is 1. The third-order valence-corrected chi connectivity index (χ3v) is 6.15. The normalized spacial score (nSPS) is 14.8. The van der Waals surface area contributed by atoms with Gasteiger partial charge in [-0.1, -0.05) is 18.2 Å². The summed E-state index contributed by atoms with van der Waals surface area (Å²) in [6.45, 7) is 3.62. The van der Waals surface area contributed by atoms with Crippen LogP contribution in [0.2, 0.25) is 0 Å². The molecule has 0 saturated carbocycles. The van der Waals surface area contributed by atoms with Gasteiger partial charge in [-0.3, -0.25) is 14.4 Å². The Bertz CT molecular complexity index is 1350. The molecule has 1 saturated heterocycles. The number of ketones is 1. The zero-order valence-electron chi connectivity index (χ0n) is 20.9. The van der Waals surface area contributed by atoms with Gasteiger partial charge in [0.05, 0.1) is 18.6 Å². The molecule has 0 N–H and O–H groups in total. The molecule has 0 unspecified atom stereocenters. The second-order valence-electron chi connectivity index (χ2n) is 8.87. The third kappa shape index (κ3) is 6.03. The topological polar surface area (TPSA) is 99.2 Å². The molecule has 1 aliphatic rings. The smallest absolute Gasteiger partial charge is 0.343 e. The van der Waals surface area contributed by atoms with Crippen LogP contribution in [-0.4, -0.2) is 43.9 Å². The van der Waals surface area contributed by atoms with Crippen LogP contribution in [0.1, 0.15) is 38.3 Å². The maximum atomic E-state index is 12.6. The van der Waals surface area contributed by atoms with Crippen LogP contribution in [-0.2, 0) is 14.3 Å². The number of rotatable bonds is 8. The van der Waals surface area contributed by atoms with Crippen molar-refractivity contribution in [2.75, 3.05) is 25.2 Å². The van der Waals surface area contributed by atoms with Gasteiger partial charge >= 0.3 is 11.9 Å². The monoisotopic (exact) mass is 501 g/mol. The van der Waals surface area contributed by atoms with Gasteiger partial charge in [-0.15, -0.1) is 0 Å². The van der Waals surface area contributed by atoms with Crippen LogP contribution in [0.15, 0.2) is 66.7 Å². The lowest BCUT2D eigenvalue weighted by Crippen LogP contribution is -2.27. The van der Waals surface area contributed by atoms with Gasteiger partial charge in [0.2, 0.25) is 5.91 Å². The summed E-state index contributed by atoms with van der Waals surface area (Å²) < 4.78 is 15.7. The molecule has 0 aliphatic carbocycles. The molecule has 0 aromatic heterocycles. The second kappa shape index (κ2) is 11.1. The quantitative estimate of drug-likeness (QED) is 0.258. The fourth-order valence-corrected chi connectivity index (χ4v) is 4.07. The summed E-state index contributed by atoms with van der Waals surface area (Å²) in [5.41, 5.74) is 3.37. The van der Waals surface area contributed by atoms with E-state index in [9.17, 15) is 19.2 Å². The van der Waals surface area contributed by atoms with E-state index in [2.05, 4.69) is 0 Å². The lowest BCUT2D eigenvalue weighted by atomic mass is 10.1. The van der Waals surface area contributed by atoms with Crippen molar-refractivity contribution in [1.29, 1.82) is 0 Å². The molecule has 3 aromatic carbocycles. The number of amides is 1. The first-order chi connectivity index (χ1) is 17.7. The van der Waals surface area contributed by atoms with Crippen LogP contribution in [0.3, 0.4) is 0 Å². The van der Waals surface area contributed by atoms with Crippen LogP contribution in [0.4, 0.5) is 5.69 Å². The van der Waals surface area contributed by atoms with Gasteiger partial charge in [0.25, 0.3) is 0 Å². The molecule has 8 heteroatoms. The molecule has 1 fully saturated rings. The number of anilines is 1. The average Bonchev–Trinajstić information content (AvgIpc) is 3.30. The number of esters is 2. The summed E-state index contributed by atoms with van der Waals surface area (Å²) in [6, 6.07) is 18.4. The summed E-state index contributed by atoms with van der Waals surface area (Å²) in [6.07, 6.45) is 0.0355. The Labute approximate surface area is 214 Å². The number of carbonyl (C=O) groups excluding carboxylic acids is 4. The van der Waals surface area contributed by atoms with E-state index in [1.165, 1.54) is 31.4 Å². The Morgan fingerprint density at radius 1 is 0.919 bits per heavy atom. The number of ether oxygens (including phenoxy) is 3. The van der Waals surface area contributed by atoms with E-state index in [0.29, 0.717) is 16.9 Å². The number of Topliss-reactive ketones (excluding diaryl/α,β-unsaturated/α-hetero) is 1. The van der Waals surface area contributed by atoms with Gasteiger partial charge < -0.3 is 19.1 Å². The second-order valence-corrected chi connectivity index (χ2v) is 8.87. The molecule has 37 heavy (non-hydrogen) atoms. The summed E-state index contributed by atoms with van der Waals surface area (Å²) >= 11 is 0. The van der Waals surface area contributed by atoms with Gasteiger partial charge in [0.15, 0.2) is 12.4 Å². The summed E-state index contributed by atoms with van der Waals surface area (Å²) in [7, 11) is 1.51. The van der Waals surface area contributed by atoms with Crippen molar-refractivity contribution < 1.29 is 33.4 Å². The minimum Gasteiger partial charge on any atom is -0.497 e. The van der Waals surface area contributed by atoms with Crippen molar-refractivity contribution >= 4 is 29.3 Å². The largest absolute Gasteiger partial charge is 0.497 e. The number of hydrogen-bond acceptors (Lipinski definition) is 7. The van der Waals surface area contributed by atoms with Crippen LogP contribution >= 0.6 is 0 Å². The van der Waals surface area contributed by atoms with E-state index in [4.69, 9.17) is 14.2 Å². The molecular weight excluding hydrogens is 474 g/mol. The summed E-state index contributed by atoms with van der Waals surface area (Å²) in [5.74, 6) is -1.55. The van der Waals surface area contributed by atoms with Crippen molar-refractivity contribution in [2.24, 2.45) is 5.92 Å². The molecule has 190 valence electrons. The van der Waals surface area contributed by atoms with Crippen molar-refractivity contribution in [3.8, 4) is 11.5 Å². The number of aryl methyl sites for hydroxylation is 2. The number of benzene rings is 3. The Balaban J connectivity index is 1.30. The highest BCUT2D eigenvalue weighted by atomic mass is 16.5. The van der Waals surface area contributed by atoms with Crippen molar-refractivity contribution in [3.05, 3.63) is 89.0 Å². The molecular formula is C29H27NO7. The van der Waals surface area contributed by atoms with Crippen molar-refractivity contribution in [2.45, 2.75) is 20.3 Å². The maximum Gasteiger partial charge on any atom is 0.343 e. The number of nitrogens with zero attached hydrogens (tertiary/aromatic N) is 1. The number of hydrogen-bond donors (Lipinski definition) is 0. The molecule has 0 radical (unpaired) electrons. The van der Waals surface area contributed by atoms with Crippen LogP contribution in [0.25, 0.3) is 0 Å². The predicted molar refractivity (Wildman–Crippen MR) is 136 cm³/mol.